The maximum atomic E-state index is 11.9. The monoisotopic (exact) mass is 271 g/mol. The number of hydrogen-bond acceptors (Lipinski definition) is 3. The minimum atomic E-state index is -1.12. The third kappa shape index (κ3) is 3.08. The van der Waals surface area contributed by atoms with E-state index in [4.69, 9.17) is 4.74 Å². The van der Waals surface area contributed by atoms with Gasteiger partial charge in [0.05, 0.1) is 12.2 Å². The van der Waals surface area contributed by atoms with E-state index in [1.165, 1.54) is 11.8 Å². The Bertz CT molecular complexity index is 357. The van der Waals surface area contributed by atoms with E-state index in [1.807, 2.05) is 20.8 Å². The summed E-state index contributed by atoms with van der Waals surface area (Å²) in [4.78, 5) is 25.2. The number of carbonyl (C=O) groups excluding carboxylic acids is 1. The number of ether oxygens (including phenoxy) is 1. The Balaban J connectivity index is 3.15. The number of amides is 1. The summed E-state index contributed by atoms with van der Waals surface area (Å²) < 4.78 is 5.73. The fraction of sp³-hybridized carbons (Fsp3) is 0.857. The van der Waals surface area contributed by atoms with Crippen molar-refractivity contribution in [2.24, 2.45) is 0 Å². The van der Waals surface area contributed by atoms with Crippen LogP contribution < -0.4 is 0 Å². The van der Waals surface area contributed by atoms with Gasteiger partial charge in [-0.1, -0.05) is 13.8 Å². The smallest absolute Gasteiger partial charge is 0.329 e. The third-order valence-corrected chi connectivity index (χ3v) is 4.12. The summed E-state index contributed by atoms with van der Waals surface area (Å²) in [7, 11) is 0. The number of hydrogen-bond donors (Lipinski definition) is 1. The highest BCUT2D eigenvalue weighted by molar-refractivity contribution is 5.86. The van der Waals surface area contributed by atoms with Gasteiger partial charge in [0, 0.05) is 26.3 Å². The molecule has 0 bridgehead atoms. The quantitative estimate of drug-likeness (QED) is 0.831. The molecule has 5 heteroatoms. The second-order valence-corrected chi connectivity index (χ2v) is 5.59. The molecule has 0 saturated carbocycles. The first kappa shape index (κ1) is 16.0. The maximum Gasteiger partial charge on any atom is 0.329 e. The van der Waals surface area contributed by atoms with Crippen LogP contribution in [0.2, 0.25) is 0 Å². The van der Waals surface area contributed by atoms with Gasteiger partial charge in [-0.05, 0) is 19.8 Å². The average Bonchev–Trinajstić information content (AvgIpc) is 2.35. The molecule has 1 aliphatic heterocycles. The zero-order valence-electron chi connectivity index (χ0n) is 12.4. The van der Waals surface area contributed by atoms with Crippen LogP contribution in [0, 0.1) is 0 Å². The van der Waals surface area contributed by atoms with Crippen molar-refractivity contribution in [1.82, 2.24) is 4.90 Å². The molecule has 110 valence electrons. The lowest BCUT2D eigenvalue weighted by Crippen LogP contribution is -2.63. The molecule has 0 aromatic heterocycles. The second kappa shape index (κ2) is 5.90. The van der Waals surface area contributed by atoms with Crippen LogP contribution >= 0.6 is 0 Å². The molecule has 1 fully saturated rings. The Labute approximate surface area is 114 Å². The molecule has 0 spiro atoms. The van der Waals surface area contributed by atoms with Crippen LogP contribution in [0.5, 0.6) is 0 Å². The Morgan fingerprint density at radius 2 is 2.00 bits per heavy atom. The van der Waals surface area contributed by atoms with Gasteiger partial charge in [-0.3, -0.25) is 4.79 Å². The molecular formula is C14H25NO4. The van der Waals surface area contributed by atoms with Crippen molar-refractivity contribution in [2.75, 3.05) is 13.2 Å². The molecule has 2 atom stereocenters. The van der Waals surface area contributed by atoms with Gasteiger partial charge in [0.1, 0.15) is 5.54 Å². The van der Waals surface area contributed by atoms with Gasteiger partial charge in [-0.25, -0.2) is 4.79 Å². The lowest BCUT2D eigenvalue weighted by atomic mass is 9.77. The summed E-state index contributed by atoms with van der Waals surface area (Å²) in [6, 6.07) is 0. The van der Waals surface area contributed by atoms with Gasteiger partial charge in [0.25, 0.3) is 0 Å². The van der Waals surface area contributed by atoms with Gasteiger partial charge in [-0.15, -0.1) is 0 Å². The molecule has 0 aromatic carbocycles. The lowest BCUT2D eigenvalue weighted by Gasteiger charge is -2.48. The van der Waals surface area contributed by atoms with Crippen LogP contribution in [-0.2, 0) is 14.3 Å². The van der Waals surface area contributed by atoms with Crippen LogP contribution in [0.1, 0.15) is 53.4 Å². The fourth-order valence-corrected chi connectivity index (χ4v) is 2.88. The van der Waals surface area contributed by atoms with Crippen molar-refractivity contribution in [3.8, 4) is 0 Å². The van der Waals surface area contributed by atoms with Gasteiger partial charge in [0.2, 0.25) is 5.91 Å². The Hall–Kier alpha value is -1.10. The van der Waals surface area contributed by atoms with Crippen LogP contribution in [0.4, 0.5) is 0 Å². The largest absolute Gasteiger partial charge is 0.479 e. The van der Waals surface area contributed by atoms with E-state index in [0.29, 0.717) is 26.0 Å². The van der Waals surface area contributed by atoms with Gasteiger partial charge >= 0.3 is 5.97 Å². The normalized spacial score (nSPS) is 30.9. The summed E-state index contributed by atoms with van der Waals surface area (Å²) in [5, 5.41) is 9.71. The summed E-state index contributed by atoms with van der Waals surface area (Å²) >= 11 is 0. The highest BCUT2D eigenvalue weighted by Gasteiger charge is 2.52. The molecule has 5 nitrogen and oxygen atoms in total. The topological polar surface area (TPSA) is 66.8 Å². The molecule has 1 amide bonds. The van der Waals surface area contributed by atoms with Gasteiger partial charge < -0.3 is 14.7 Å². The third-order valence-electron chi connectivity index (χ3n) is 4.12. The van der Waals surface area contributed by atoms with Gasteiger partial charge in [0.15, 0.2) is 0 Å². The first-order valence-corrected chi connectivity index (χ1v) is 6.97. The zero-order valence-corrected chi connectivity index (χ0v) is 12.4. The minimum absolute atomic E-state index is 0.176. The Morgan fingerprint density at radius 3 is 2.42 bits per heavy atom. The molecule has 0 aromatic rings. The van der Waals surface area contributed by atoms with E-state index >= 15 is 0 Å². The first-order valence-electron chi connectivity index (χ1n) is 6.97. The molecule has 2 unspecified atom stereocenters. The summed E-state index contributed by atoms with van der Waals surface area (Å²) in [6.45, 7) is 8.15. The van der Waals surface area contributed by atoms with Crippen LogP contribution in [0.15, 0.2) is 0 Å². The van der Waals surface area contributed by atoms with Crippen molar-refractivity contribution in [3.63, 3.8) is 0 Å². The van der Waals surface area contributed by atoms with Crippen molar-refractivity contribution in [3.05, 3.63) is 0 Å². The highest BCUT2D eigenvalue weighted by atomic mass is 16.5. The minimum Gasteiger partial charge on any atom is -0.479 e. The molecule has 1 saturated heterocycles. The Kier molecular flexibility index (Phi) is 4.96. The predicted octanol–water partition coefficient (Wildman–Crippen LogP) is 2.05. The number of rotatable bonds is 5. The molecule has 1 N–H and O–H groups in total. The highest BCUT2D eigenvalue weighted by Crippen LogP contribution is 2.39. The van der Waals surface area contributed by atoms with Crippen LogP contribution in [0.25, 0.3) is 0 Å². The molecule has 0 radical (unpaired) electrons. The summed E-state index contributed by atoms with van der Waals surface area (Å²) in [5.74, 6) is -1.09. The molecule has 1 rings (SSSR count). The van der Waals surface area contributed by atoms with E-state index in [0.717, 1.165) is 12.8 Å². The molecule has 19 heavy (non-hydrogen) atoms. The number of carbonyl (C=O) groups is 2. The van der Waals surface area contributed by atoms with Crippen molar-refractivity contribution >= 4 is 11.9 Å². The van der Waals surface area contributed by atoms with E-state index < -0.39 is 17.1 Å². The predicted molar refractivity (Wildman–Crippen MR) is 71.9 cm³/mol. The van der Waals surface area contributed by atoms with E-state index in [-0.39, 0.29) is 5.91 Å². The molecular weight excluding hydrogens is 246 g/mol. The standard InChI is InChI=1S/C14H25NO4/c1-5-8-15(11(3)16)14(12(17)18)7-9-19-13(4,6-2)10-14/h5-10H2,1-4H3,(H,17,18). The number of aliphatic carboxylic acids is 1. The number of carboxylic acid groups (broad SMARTS) is 1. The number of carboxylic acids is 1. The van der Waals surface area contributed by atoms with Crippen LogP contribution in [-0.4, -0.2) is 46.2 Å². The maximum absolute atomic E-state index is 11.9. The van der Waals surface area contributed by atoms with Crippen molar-refractivity contribution in [2.45, 2.75) is 64.5 Å². The van der Waals surface area contributed by atoms with Crippen molar-refractivity contribution < 1.29 is 19.4 Å². The second-order valence-electron chi connectivity index (χ2n) is 5.59. The molecule has 1 heterocycles. The van der Waals surface area contributed by atoms with E-state index in [1.54, 1.807) is 0 Å². The SMILES string of the molecule is CCCN(C(C)=O)C1(C(=O)O)CCOC(C)(CC)C1. The zero-order chi connectivity index (χ0) is 14.7. The molecule has 0 aliphatic carbocycles. The Morgan fingerprint density at radius 1 is 1.37 bits per heavy atom. The summed E-state index contributed by atoms with van der Waals surface area (Å²) in [5.41, 5.74) is -1.59. The average molecular weight is 271 g/mol. The first-order chi connectivity index (χ1) is 8.81. The molecule has 1 aliphatic rings. The van der Waals surface area contributed by atoms with Crippen molar-refractivity contribution in [1.29, 1.82) is 0 Å². The number of nitrogens with zero attached hydrogens (tertiary/aromatic N) is 1. The van der Waals surface area contributed by atoms with Gasteiger partial charge in [-0.2, -0.15) is 0 Å². The van der Waals surface area contributed by atoms with E-state index in [9.17, 15) is 14.7 Å². The van der Waals surface area contributed by atoms with Crippen LogP contribution in [0.3, 0.4) is 0 Å². The van der Waals surface area contributed by atoms with E-state index in [2.05, 4.69) is 0 Å². The summed E-state index contributed by atoms with van der Waals surface area (Å²) in [6.07, 6.45) is 2.20. The lowest BCUT2D eigenvalue weighted by molar-refractivity contribution is -0.180. The fourth-order valence-electron chi connectivity index (χ4n) is 2.88.